The molecule has 1 aliphatic rings. The van der Waals surface area contributed by atoms with Crippen LogP contribution in [0.1, 0.15) is 16.9 Å². The van der Waals surface area contributed by atoms with Gasteiger partial charge in [-0.2, -0.15) is 0 Å². The van der Waals surface area contributed by atoms with Crippen LogP contribution in [-0.4, -0.2) is 52.7 Å². The zero-order valence-corrected chi connectivity index (χ0v) is 11.7. The fraction of sp³-hybridized carbons (Fsp3) is 0.333. The summed E-state index contributed by atoms with van der Waals surface area (Å²) in [5, 5.41) is 9.28. The Kier molecular flexibility index (Phi) is 3.81. The van der Waals surface area contributed by atoms with E-state index in [1.54, 1.807) is 12.1 Å². The fourth-order valence-electron chi connectivity index (χ4n) is 2.68. The number of carbonyl (C=O) groups is 2. The Labute approximate surface area is 125 Å². The first kappa shape index (κ1) is 14.5. The summed E-state index contributed by atoms with van der Waals surface area (Å²) in [7, 11) is 0. The van der Waals surface area contributed by atoms with Crippen molar-refractivity contribution >= 4 is 22.8 Å². The lowest BCUT2D eigenvalue weighted by molar-refractivity contribution is -0.139. The minimum atomic E-state index is -0.990. The number of hydrogen-bond donors (Lipinski definition) is 2. The smallest absolute Gasteiger partial charge is 0.305 e. The summed E-state index contributed by atoms with van der Waals surface area (Å²) in [5.74, 6) is -1.74. The second-order valence-corrected chi connectivity index (χ2v) is 5.21. The summed E-state index contributed by atoms with van der Waals surface area (Å²) in [6.07, 6.45) is -0.180. The predicted octanol–water partition coefficient (Wildman–Crippen LogP) is 1.62. The topological polar surface area (TPSA) is 82.6 Å². The Balaban J connectivity index is 1.89. The highest BCUT2D eigenvalue weighted by atomic mass is 19.1. The van der Waals surface area contributed by atoms with Crippen molar-refractivity contribution < 1.29 is 23.8 Å². The van der Waals surface area contributed by atoms with Crippen molar-refractivity contribution in [2.45, 2.75) is 12.5 Å². The van der Waals surface area contributed by atoms with E-state index in [9.17, 15) is 14.0 Å². The number of aliphatic carboxylic acids is 1. The minimum Gasteiger partial charge on any atom is -0.481 e. The summed E-state index contributed by atoms with van der Waals surface area (Å²) in [5.41, 5.74) is 0.781. The second kappa shape index (κ2) is 5.76. The highest BCUT2D eigenvalue weighted by Crippen LogP contribution is 2.21. The minimum absolute atomic E-state index is 0.180. The predicted molar refractivity (Wildman–Crippen MR) is 76.2 cm³/mol. The number of amides is 1. The number of carboxylic acid groups (broad SMARTS) is 1. The van der Waals surface area contributed by atoms with Crippen molar-refractivity contribution in [2.75, 3.05) is 19.8 Å². The number of hydrogen-bond acceptors (Lipinski definition) is 3. The number of nitrogens with one attached hydrogen (secondary N) is 1. The van der Waals surface area contributed by atoms with Crippen LogP contribution in [0.15, 0.2) is 24.3 Å². The maximum absolute atomic E-state index is 13.7. The average molecular weight is 306 g/mol. The number of H-pyrrole nitrogens is 1. The molecule has 1 aromatic heterocycles. The molecule has 1 aromatic carbocycles. The van der Waals surface area contributed by atoms with Crippen LogP contribution in [0.2, 0.25) is 0 Å². The molecule has 1 aliphatic heterocycles. The van der Waals surface area contributed by atoms with Crippen molar-refractivity contribution in [2.24, 2.45) is 0 Å². The Bertz CT molecular complexity index is 727. The van der Waals surface area contributed by atoms with E-state index in [1.165, 1.54) is 17.0 Å². The highest BCUT2D eigenvalue weighted by molar-refractivity contribution is 5.98. The normalized spacial score (nSPS) is 18.6. The number of carboxylic acids is 1. The van der Waals surface area contributed by atoms with Gasteiger partial charge in [-0.15, -0.1) is 0 Å². The van der Waals surface area contributed by atoms with Crippen LogP contribution in [0.4, 0.5) is 4.39 Å². The molecule has 3 rings (SSSR count). The van der Waals surface area contributed by atoms with Crippen LogP contribution >= 0.6 is 0 Å². The zero-order chi connectivity index (χ0) is 15.7. The molecule has 2 heterocycles. The summed E-state index contributed by atoms with van der Waals surface area (Å²) >= 11 is 0. The van der Waals surface area contributed by atoms with E-state index in [2.05, 4.69) is 4.98 Å². The first-order valence-electron chi connectivity index (χ1n) is 6.94. The molecule has 0 bridgehead atoms. The van der Waals surface area contributed by atoms with Crippen molar-refractivity contribution in [3.63, 3.8) is 0 Å². The fourth-order valence-corrected chi connectivity index (χ4v) is 2.68. The lowest BCUT2D eigenvalue weighted by Gasteiger charge is -2.34. The molecular weight excluding hydrogens is 291 g/mol. The van der Waals surface area contributed by atoms with Gasteiger partial charge in [0.15, 0.2) is 0 Å². The lowest BCUT2D eigenvalue weighted by atomic mass is 10.1. The maximum Gasteiger partial charge on any atom is 0.305 e. The quantitative estimate of drug-likeness (QED) is 0.903. The number of carbonyl (C=O) groups excluding carboxylic acids is 1. The highest BCUT2D eigenvalue weighted by Gasteiger charge is 2.30. The molecule has 1 fully saturated rings. The molecule has 1 atom stereocenters. The number of rotatable bonds is 3. The zero-order valence-electron chi connectivity index (χ0n) is 11.7. The van der Waals surface area contributed by atoms with E-state index in [4.69, 9.17) is 9.84 Å². The number of halogens is 1. The first-order valence-corrected chi connectivity index (χ1v) is 6.94. The van der Waals surface area contributed by atoms with Crippen molar-refractivity contribution in [3.8, 4) is 0 Å². The van der Waals surface area contributed by atoms with Gasteiger partial charge in [0.05, 0.1) is 25.7 Å². The lowest BCUT2D eigenvalue weighted by Crippen LogP contribution is -2.49. The molecule has 7 heteroatoms. The van der Waals surface area contributed by atoms with Gasteiger partial charge in [0.1, 0.15) is 11.5 Å². The molecule has 0 saturated carbocycles. The van der Waals surface area contributed by atoms with Crippen LogP contribution in [0.3, 0.4) is 0 Å². The van der Waals surface area contributed by atoms with Gasteiger partial charge < -0.3 is 19.7 Å². The van der Waals surface area contributed by atoms with Gasteiger partial charge in [-0.1, -0.05) is 6.07 Å². The van der Waals surface area contributed by atoms with E-state index >= 15 is 0 Å². The Morgan fingerprint density at radius 1 is 1.45 bits per heavy atom. The largest absolute Gasteiger partial charge is 0.481 e. The Morgan fingerprint density at radius 2 is 2.27 bits per heavy atom. The first-order chi connectivity index (χ1) is 10.6. The van der Waals surface area contributed by atoms with Crippen molar-refractivity contribution in [1.29, 1.82) is 0 Å². The van der Waals surface area contributed by atoms with Gasteiger partial charge in [-0.25, -0.2) is 4.39 Å². The molecular formula is C15H15FN2O4. The van der Waals surface area contributed by atoms with Crippen molar-refractivity contribution in [3.05, 3.63) is 35.8 Å². The van der Waals surface area contributed by atoms with Gasteiger partial charge >= 0.3 is 5.97 Å². The summed E-state index contributed by atoms with van der Waals surface area (Å²) < 4.78 is 19.0. The number of benzene rings is 1. The molecule has 1 saturated heterocycles. The van der Waals surface area contributed by atoms with E-state index < -0.39 is 17.8 Å². The molecule has 0 spiro atoms. The van der Waals surface area contributed by atoms with E-state index in [0.717, 1.165) is 0 Å². The van der Waals surface area contributed by atoms with Gasteiger partial charge in [-0.3, -0.25) is 9.59 Å². The number of fused-ring (bicyclic) bond motifs is 1. The Hall–Kier alpha value is -2.41. The number of aromatic nitrogens is 1. The van der Waals surface area contributed by atoms with Gasteiger partial charge in [-0.05, 0) is 18.2 Å². The number of aromatic amines is 1. The van der Waals surface area contributed by atoms with E-state index in [-0.39, 0.29) is 24.6 Å². The third-order valence-corrected chi connectivity index (χ3v) is 3.74. The Morgan fingerprint density at radius 3 is 3.00 bits per heavy atom. The van der Waals surface area contributed by atoms with Crippen LogP contribution in [-0.2, 0) is 9.53 Å². The SMILES string of the molecule is O=C(O)CC1COCCN1C(=O)c1cc2c(F)cccc2[nH]1. The van der Waals surface area contributed by atoms with Crippen LogP contribution in [0, 0.1) is 5.82 Å². The number of morpholine rings is 1. The molecule has 6 nitrogen and oxygen atoms in total. The average Bonchev–Trinajstić information content (AvgIpc) is 2.92. The van der Waals surface area contributed by atoms with Crippen LogP contribution in [0.5, 0.6) is 0 Å². The molecule has 116 valence electrons. The molecule has 2 aromatic rings. The van der Waals surface area contributed by atoms with E-state index in [1.807, 2.05) is 0 Å². The van der Waals surface area contributed by atoms with E-state index in [0.29, 0.717) is 24.1 Å². The summed E-state index contributed by atoms with van der Waals surface area (Å²) in [6.45, 7) is 0.859. The third kappa shape index (κ3) is 2.67. The van der Waals surface area contributed by atoms with Gasteiger partial charge in [0, 0.05) is 17.4 Å². The third-order valence-electron chi connectivity index (χ3n) is 3.74. The second-order valence-electron chi connectivity index (χ2n) is 5.21. The molecule has 1 amide bonds. The molecule has 22 heavy (non-hydrogen) atoms. The molecule has 0 radical (unpaired) electrons. The van der Waals surface area contributed by atoms with Crippen LogP contribution < -0.4 is 0 Å². The monoisotopic (exact) mass is 306 g/mol. The molecule has 1 unspecified atom stereocenters. The molecule has 0 aliphatic carbocycles. The van der Waals surface area contributed by atoms with Crippen molar-refractivity contribution in [1.82, 2.24) is 9.88 Å². The van der Waals surface area contributed by atoms with Gasteiger partial charge in [0.2, 0.25) is 0 Å². The number of ether oxygens (including phenoxy) is 1. The summed E-state index contributed by atoms with van der Waals surface area (Å²) in [4.78, 5) is 27.9. The number of nitrogens with zero attached hydrogens (tertiary/aromatic N) is 1. The summed E-state index contributed by atoms with van der Waals surface area (Å²) in [6, 6.07) is 5.51. The molecule has 2 N–H and O–H groups in total. The van der Waals surface area contributed by atoms with Gasteiger partial charge in [0.25, 0.3) is 5.91 Å². The van der Waals surface area contributed by atoms with Crippen LogP contribution in [0.25, 0.3) is 10.9 Å². The standard InChI is InChI=1S/C15H15FN2O4/c16-11-2-1-3-12-10(11)7-13(17-12)15(21)18-4-5-22-8-9(18)6-14(19)20/h1-3,7,9,17H,4-6,8H2,(H,19,20). The maximum atomic E-state index is 13.7.